The molecule has 0 aromatic heterocycles. The lowest BCUT2D eigenvalue weighted by Crippen LogP contribution is -2.36. The average Bonchev–Trinajstić information content (AvgIpc) is 3.73. The van der Waals surface area contributed by atoms with E-state index in [-0.39, 0.29) is 42.3 Å². The lowest BCUT2D eigenvalue weighted by atomic mass is 10.0. The molecule has 320 valence electrons. The van der Waals surface area contributed by atoms with E-state index in [1.807, 2.05) is 11.8 Å². The number of nitrogens with two attached hydrogens (primary N) is 1. The van der Waals surface area contributed by atoms with E-state index in [4.69, 9.17) is 39.1 Å². The normalized spacial score (nSPS) is 17.5. The van der Waals surface area contributed by atoms with Crippen LogP contribution >= 0.6 is 33.3 Å². The zero-order valence-corrected chi connectivity index (χ0v) is 34.5. The van der Waals surface area contributed by atoms with Crippen LogP contribution in [0.4, 0.5) is 4.79 Å². The zero-order valence-electron chi connectivity index (χ0n) is 32.0. The number of thioether (sulfide) groups is 1. The third-order valence-electron chi connectivity index (χ3n) is 7.90. The monoisotopic (exact) mass is 844 g/mol. The van der Waals surface area contributed by atoms with Crippen molar-refractivity contribution in [1.82, 2.24) is 26.6 Å². The molecule has 0 aromatic carbocycles. The number of hydrogen-bond donors (Lipinski definition) is 6. The van der Waals surface area contributed by atoms with Gasteiger partial charge in [0.25, 0.3) is 0 Å². The van der Waals surface area contributed by atoms with Gasteiger partial charge in [0.15, 0.2) is 0 Å². The van der Waals surface area contributed by atoms with Crippen molar-refractivity contribution < 1.29 is 57.2 Å². The number of unbranched alkanes of at least 4 members (excludes halogenated alkanes) is 1. The molecule has 18 nitrogen and oxygen atoms in total. The fourth-order valence-corrected chi connectivity index (χ4v) is 8.56. The summed E-state index contributed by atoms with van der Waals surface area (Å²) in [5.74, 6) is 7.22. The Labute approximate surface area is 337 Å². The highest BCUT2D eigenvalue weighted by molar-refractivity contribution is 8.76. The summed E-state index contributed by atoms with van der Waals surface area (Å²) in [5, 5.41) is 14.9. The number of hydrogen-bond acceptors (Lipinski definition) is 16. The summed E-state index contributed by atoms with van der Waals surface area (Å²) in [7, 11) is 3.21. The van der Waals surface area contributed by atoms with E-state index < -0.39 is 0 Å². The molecule has 0 aromatic rings. The Balaban J connectivity index is 1.20. The number of rotatable bonds is 39. The van der Waals surface area contributed by atoms with Crippen LogP contribution in [0.15, 0.2) is 0 Å². The quantitative estimate of drug-likeness (QED) is 0.0211. The van der Waals surface area contributed by atoms with Crippen LogP contribution in [0, 0.1) is 0 Å². The number of fused-ring (bicyclic) bond motifs is 1. The van der Waals surface area contributed by atoms with Gasteiger partial charge in [0.2, 0.25) is 17.7 Å². The fraction of sp³-hybridized carbons (Fsp3) is 0.882. The van der Waals surface area contributed by atoms with Crippen molar-refractivity contribution in [3.63, 3.8) is 0 Å². The van der Waals surface area contributed by atoms with Gasteiger partial charge in [-0.15, -0.1) is 0 Å². The molecule has 2 saturated heterocycles. The highest BCUT2D eigenvalue weighted by atomic mass is 33.1. The number of carbonyl (C=O) groups is 4. The van der Waals surface area contributed by atoms with Crippen LogP contribution in [-0.4, -0.2) is 177 Å². The van der Waals surface area contributed by atoms with Crippen LogP contribution < -0.4 is 32.5 Å². The highest BCUT2D eigenvalue weighted by Crippen LogP contribution is 2.33. The van der Waals surface area contributed by atoms with E-state index in [1.54, 1.807) is 21.6 Å². The summed E-state index contributed by atoms with van der Waals surface area (Å²) in [6.07, 6.45) is 3.99. The van der Waals surface area contributed by atoms with Crippen LogP contribution in [-0.2, 0) is 52.4 Å². The summed E-state index contributed by atoms with van der Waals surface area (Å²) in [6.45, 7) is 7.81. The summed E-state index contributed by atoms with van der Waals surface area (Å²) >= 11 is 1.89. The molecule has 7 N–H and O–H groups in total. The van der Waals surface area contributed by atoms with E-state index in [0.29, 0.717) is 143 Å². The SMILES string of the molecule is NOCCOCCOCCOCCNC(=O)CCSSCCNC(=O)CCOCCOCCOCCOCCNC(=O)CCCC[C@@H]1SC[C@@H]2NC(=O)N[C@H]21. The van der Waals surface area contributed by atoms with Gasteiger partial charge in [0, 0.05) is 61.4 Å². The van der Waals surface area contributed by atoms with Gasteiger partial charge >= 0.3 is 6.03 Å². The third kappa shape index (κ3) is 28.4. The molecule has 0 saturated carbocycles. The second-order valence-corrected chi connectivity index (χ2v) is 16.2. The first-order valence-electron chi connectivity index (χ1n) is 19.1. The van der Waals surface area contributed by atoms with Crippen molar-refractivity contribution in [2.45, 2.75) is 55.9 Å². The summed E-state index contributed by atoms with van der Waals surface area (Å²) in [5.41, 5.74) is 0. The second-order valence-electron chi connectivity index (χ2n) is 12.2. The molecule has 0 radical (unpaired) electrons. The van der Waals surface area contributed by atoms with Gasteiger partial charge in [0.05, 0.1) is 111 Å². The van der Waals surface area contributed by atoms with E-state index >= 15 is 0 Å². The van der Waals surface area contributed by atoms with Crippen molar-refractivity contribution >= 4 is 57.1 Å². The number of amides is 5. The third-order valence-corrected chi connectivity index (χ3v) is 11.8. The Morgan fingerprint density at radius 2 is 1.09 bits per heavy atom. The smallest absolute Gasteiger partial charge is 0.315 e. The first-order chi connectivity index (χ1) is 27.0. The summed E-state index contributed by atoms with van der Waals surface area (Å²) < 4.78 is 37.9. The van der Waals surface area contributed by atoms with Crippen molar-refractivity contribution in [3.05, 3.63) is 0 Å². The van der Waals surface area contributed by atoms with Crippen molar-refractivity contribution in [3.8, 4) is 0 Å². The predicted octanol–water partition coefficient (Wildman–Crippen LogP) is 0.229. The first kappa shape index (κ1) is 49.5. The van der Waals surface area contributed by atoms with Gasteiger partial charge < -0.3 is 64.6 Å². The van der Waals surface area contributed by atoms with Gasteiger partial charge in [-0.05, 0) is 12.8 Å². The minimum Gasteiger partial charge on any atom is -0.379 e. The summed E-state index contributed by atoms with van der Waals surface area (Å²) in [6, 6.07) is 0.382. The molecule has 0 unspecified atom stereocenters. The van der Waals surface area contributed by atoms with E-state index in [0.717, 1.165) is 30.8 Å². The molecule has 0 spiro atoms. The molecular formula is C34H64N6O12S3. The van der Waals surface area contributed by atoms with Gasteiger partial charge in [-0.25, -0.2) is 10.7 Å². The molecule has 5 amide bonds. The van der Waals surface area contributed by atoms with E-state index in [2.05, 4.69) is 31.4 Å². The predicted molar refractivity (Wildman–Crippen MR) is 213 cm³/mol. The Bertz CT molecular complexity index is 1020. The van der Waals surface area contributed by atoms with Crippen molar-refractivity contribution in [2.24, 2.45) is 5.90 Å². The zero-order chi connectivity index (χ0) is 39.4. The molecule has 2 rings (SSSR count). The Kier molecular flexibility index (Phi) is 32.0. The van der Waals surface area contributed by atoms with E-state index in [1.165, 1.54) is 0 Å². The van der Waals surface area contributed by atoms with Crippen LogP contribution in [0.2, 0.25) is 0 Å². The van der Waals surface area contributed by atoms with Crippen LogP contribution in [0.5, 0.6) is 0 Å². The molecule has 0 aliphatic carbocycles. The lowest BCUT2D eigenvalue weighted by Gasteiger charge is -2.16. The molecule has 3 atom stereocenters. The molecular weight excluding hydrogens is 781 g/mol. The Morgan fingerprint density at radius 3 is 1.69 bits per heavy atom. The maximum atomic E-state index is 12.0. The lowest BCUT2D eigenvalue weighted by molar-refractivity contribution is -0.122. The summed E-state index contributed by atoms with van der Waals surface area (Å²) in [4.78, 5) is 51.8. The van der Waals surface area contributed by atoms with Gasteiger partial charge in [-0.3, -0.25) is 14.4 Å². The molecule has 2 fully saturated rings. The standard InChI is InChI=1S/C34H64N6O12S3/c35-52-24-23-51-22-21-50-18-15-47-12-8-37-32(43)6-25-54-55-26-9-38-31(42)5-10-45-13-16-48-19-20-49-17-14-46-11-7-36-30(41)4-2-1-3-29-33-28(27-53-29)39-34(44)40-33/h28-29,33H,1-27,35H2,(H,36,41)(H,37,43)(H,38,42)(H2,39,40,44)/t28-,29-,33+/m0/s1. The molecule has 55 heavy (non-hydrogen) atoms. The number of carbonyl (C=O) groups excluding carboxylic acids is 4. The minimum absolute atomic E-state index is 0.0209. The molecule has 21 heteroatoms. The molecule has 2 aliphatic heterocycles. The number of ether oxygens (including phenoxy) is 7. The number of nitrogens with one attached hydrogen (secondary N) is 5. The van der Waals surface area contributed by atoms with E-state index in [9.17, 15) is 19.2 Å². The minimum atomic E-state index is -0.0679. The Hall–Kier alpha value is -1.63. The van der Waals surface area contributed by atoms with Crippen molar-refractivity contribution in [1.29, 1.82) is 0 Å². The second kappa shape index (κ2) is 35.5. The maximum Gasteiger partial charge on any atom is 0.315 e. The first-order valence-corrected chi connectivity index (χ1v) is 22.6. The van der Waals surface area contributed by atoms with Gasteiger partial charge in [-0.2, -0.15) is 11.8 Å². The maximum absolute atomic E-state index is 12.0. The molecule has 2 heterocycles. The molecule has 2 aliphatic rings. The largest absolute Gasteiger partial charge is 0.379 e. The average molecular weight is 845 g/mol. The Morgan fingerprint density at radius 1 is 0.600 bits per heavy atom. The topological polar surface area (TPSA) is 228 Å². The fourth-order valence-electron chi connectivity index (χ4n) is 5.12. The van der Waals surface area contributed by atoms with Crippen LogP contribution in [0.1, 0.15) is 38.5 Å². The van der Waals surface area contributed by atoms with Crippen molar-refractivity contribution in [2.75, 3.05) is 136 Å². The van der Waals surface area contributed by atoms with Crippen LogP contribution in [0.3, 0.4) is 0 Å². The molecule has 0 bridgehead atoms. The van der Waals surface area contributed by atoms with Crippen LogP contribution in [0.25, 0.3) is 0 Å². The van der Waals surface area contributed by atoms with Gasteiger partial charge in [-0.1, -0.05) is 28.0 Å². The van der Waals surface area contributed by atoms with Gasteiger partial charge in [0.1, 0.15) is 0 Å². The highest BCUT2D eigenvalue weighted by Gasteiger charge is 2.42. The number of urea groups is 1.